The van der Waals surface area contributed by atoms with Crippen molar-refractivity contribution in [2.75, 3.05) is 0 Å². The minimum Gasteiger partial charge on any atom is -0.392 e. The summed E-state index contributed by atoms with van der Waals surface area (Å²) in [6.07, 6.45) is 4.82. The maximum atomic E-state index is 8.94. The van der Waals surface area contributed by atoms with E-state index in [9.17, 15) is 0 Å². The molecule has 0 amide bonds. The molecule has 1 aliphatic carbocycles. The van der Waals surface area contributed by atoms with E-state index in [1.165, 1.54) is 0 Å². The molecule has 0 aliphatic heterocycles. The molecular weight excluding hydrogens is 88.1 g/mol. The van der Waals surface area contributed by atoms with Crippen LogP contribution in [-0.4, -0.2) is 11.2 Å². The Balaban J connectivity index is 2.45. The number of hydrogen-bond donors (Lipinski definition) is 1. The summed E-state index contributed by atoms with van der Waals surface area (Å²) in [4.78, 5) is 0. The Morgan fingerprint density at radius 2 is 2.43 bits per heavy atom. The van der Waals surface area contributed by atoms with Gasteiger partial charge in [-0.25, -0.2) is 0 Å². The third-order valence-electron chi connectivity index (χ3n) is 1.42. The summed E-state index contributed by atoms with van der Waals surface area (Å²) in [7, 11) is 0. The summed E-state index contributed by atoms with van der Waals surface area (Å²) < 4.78 is 0. The SMILES string of the molecule is CC1C=CCC1O. The average molecular weight is 98.1 g/mol. The minimum absolute atomic E-state index is 0.0972. The van der Waals surface area contributed by atoms with Crippen molar-refractivity contribution < 1.29 is 5.11 Å². The molecule has 0 aromatic heterocycles. The highest BCUT2D eigenvalue weighted by Crippen LogP contribution is 2.15. The zero-order valence-corrected chi connectivity index (χ0v) is 4.46. The molecule has 0 bridgehead atoms. The zero-order valence-electron chi connectivity index (χ0n) is 4.46. The third-order valence-corrected chi connectivity index (χ3v) is 1.42. The Hall–Kier alpha value is -0.300. The van der Waals surface area contributed by atoms with Crippen molar-refractivity contribution >= 4 is 0 Å². The van der Waals surface area contributed by atoms with Gasteiger partial charge in [-0.05, 0) is 6.42 Å². The average Bonchev–Trinajstić information content (AvgIpc) is 1.91. The predicted molar refractivity (Wildman–Crippen MR) is 28.9 cm³/mol. The van der Waals surface area contributed by atoms with Crippen molar-refractivity contribution in [1.82, 2.24) is 0 Å². The molecule has 40 valence electrons. The first-order valence-corrected chi connectivity index (χ1v) is 2.65. The van der Waals surface area contributed by atoms with Gasteiger partial charge < -0.3 is 5.11 Å². The van der Waals surface area contributed by atoms with Crippen LogP contribution >= 0.6 is 0 Å². The maximum Gasteiger partial charge on any atom is 0.0634 e. The van der Waals surface area contributed by atoms with Crippen LogP contribution in [0.4, 0.5) is 0 Å². The van der Waals surface area contributed by atoms with Gasteiger partial charge in [0, 0.05) is 5.92 Å². The third kappa shape index (κ3) is 0.829. The molecule has 0 aromatic carbocycles. The van der Waals surface area contributed by atoms with E-state index in [0.29, 0.717) is 5.92 Å². The molecule has 0 saturated carbocycles. The van der Waals surface area contributed by atoms with Crippen LogP contribution in [0.5, 0.6) is 0 Å². The van der Waals surface area contributed by atoms with Crippen molar-refractivity contribution in [3.8, 4) is 0 Å². The lowest BCUT2D eigenvalue weighted by atomic mass is 10.1. The molecule has 0 aromatic rings. The number of hydrogen-bond acceptors (Lipinski definition) is 1. The predicted octanol–water partition coefficient (Wildman–Crippen LogP) is 0.943. The van der Waals surface area contributed by atoms with Gasteiger partial charge in [0.25, 0.3) is 0 Å². The van der Waals surface area contributed by atoms with Gasteiger partial charge in [0.1, 0.15) is 0 Å². The highest BCUT2D eigenvalue weighted by atomic mass is 16.3. The van der Waals surface area contributed by atoms with Gasteiger partial charge in [0.15, 0.2) is 0 Å². The molecule has 2 atom stereocenters. The summed E-state index contributed by atoms with van der Waals surface area (Å²) in [6.45, 7) is 2.02. The van der Waals surface area contributed by atoms with Crippen LogP contribution in [0.15, 0.2) is 12.2 Å². The van der Waals surface area contributed by atoms with E-state index in [2.05, 4.69) is 0 Å². The molecule has 0 heterocycles. The Labute approximate surface area is 43.7 Å². The molecule has 0 saturated heterocycles. The normalized spacial score (nSPS) is 39.7. The van der Waals surface area contributed by atoms with E-state index in [0.717, 1.165) is 6.42 Å². The maximum absolute atomic E-state index is 8.94. The standard InChI is InChI=1S/C6H10O/c1-5-3-2-4-6(5)7/h2-3,5-7H,4H2,1H3. The van der Waals surface area contributed by atoms with Gasteiger partial charge in [0.05, 0.1) is 6.10 Å². The lowest BCUT2D eigenvalue weighted by Crippen LogP contribution is -2.08. The number of rotatable bonds is 0. The molecule has 1 heteroatoms. The molecule has 1 rings (SSSR count). The first-order valence-electron chi connectivity index (χ1n) is 2.65. The van der Waals surface area contributed by atoms with Crippen LogP contribution < -0.4 is 0 Å². The van der Waals surface area contributed by atoms with E-state index < -0.39 is 0 Å². The Kier molecular flexibility index (Phi) is 1.15. The fourth-order valence-corrected chi connectivity index (χ4v) is 0.776. The minimum atomic E-state index is -0.0972. The molecule has 1 N–H and O–H groups in total. The van der Waals surface area contributed by atoms with E-state index in [1.54, 1.807) is 0 Å². The summed E-state index contributed by atoms with van der Waals surface area (Å²) in [5.41, 5.74) is 0. The highest BCUT2D eigenvalue weighted by molar-refractivity contribution is 4.99. The van der Waals surface area contributed by atoms with Gasteiger partial charge >= 0.3 is 0 Å². The summed E-state index contributed by atoms with van der Waals surface area (Å²) in [6, 6.07) is 0. The van der Waals surface area contributed by atoms with Crippen LogP contribution in [0.25, 0.3) is 0 Å². The monoisotopic (exact) mass is 98.1 g/mol. The fourth-order valence-electron chi connectivity index (χ4n) is 0.776. The Morgan fingerprint density at radius 3 is 2.57 bits per heavy atom. The first-order chi connectivity index (χ1) is 3.30. The second-order valence-electron chi connectivity index (χ2n) is 2.09. The second-order valence-corrected chi connectivity index (χ2v) is 2.09. The van der Waals surface area contributed by atoms with Crippen LogP contribution in [0.3, 0.4) is 0 Å². The lowest BCUT2D eigenvalue weighted by molar-refractivity contribution is 0.151. The number of aliphatic hydroxyl groups excluding tert-OH is 1. The van der Waals surface area contributed by atoms with E-state index in [1.807, 2.05) is 19.1 Å². The summed E-state index contributed by atoms with van der Waals surface area (Å²) in [5.74, 6) is 0.389. The van der Waals surface area contributed by atoms with Crippen molar-refractivity contribution in [2.24, 2.45) is 5.92 Å². The van der Waals surface area contributed by atoms with Crippen molar-refractivity contribution in [3.63, 3.8) is 0 Å². The van der Waals surface area contributed by atoms with E-state index in [-0.39, 0.29) is 6.10 Å². The van der Waals surface area contributed by atoms with Crippen LogP contribution in [0.1, 0.15) is 13.3 Å². The fraction of sp³-hybridized carbons (Fsp3) is 0.667. The van der Waals surface area contributed by atoms with Gasteiger partial charge in [-0.3, -0.25) is 0 Å². The van der Waals surface area contributed by atoms with Gasteiger partial charge in [0.2, 0.25) is 0 Å². The Bertz CT molecular complexity index is 86.2. The van der Waals surface area contributed by atoms with Crippen LogP contribution in [-0.2, 0) is 0 Å². The van der Waals surface area contributed by atoms with Gasteiger partial charge in [-0.2, -0.15) is 0 Å². The second kappa shape index (κ2) is 1.66. The topological polar surface area (TPSA) is 20.2 Å². The van der Waals surface area contributed by atoms with Crippen molar-refractivity contribution in [3.05, 3.63) is 12.2 Å². The summed E-state index contributed by atoms with van der Waals surface area (Å²) >= 11 is 0. The Morgan fingerprint density at radius 1 is 1.71 bits per heavy atom. The highest BCUT2D eigenvalue weighted by Gasteiger charge is 2.13. The van der Waals surface area contributed by atoms with E-state index in [4.69, 9.17) is 5.11 Å². The summed E-state index contributed by atoms with van der Waals surface area (Å²) in [5, 5.41) is 8.94. The molecule has 0 fully saturated rings. The van der Waals surface area contributed by atoms with E-state index >= 15 is 0 Å². The molecule has 2 unspecified atom stereocenters. The quantitative estimate of drug-likeness (QED) is 0.447. The van der Waals surface area contributed by atoms with Gasteiger partial charge in [-0.1, -0.05) is 19.1 Å². The first kappa shape index (κ1) is 4.85. The largest absolute Gasteiger partial charge is 0.392 e. The molecule has 0 spiro atoms. The van der Waals surface area contributed by atoms with Crippen LogP contribution in [0.2, 0.25) is 0 Å². The van der Waals surface area contributed by atoms with Gasteiger partial charge in [-0.15, -0.1) is 0 Å². The smallest absolute Gasteiger partial charge is 0.0634 e. The zero-order chi connectivity index (χ0) is 5.28. The molecule has 1 nitrogen and oxygen atoms in total. The number of aliphatic hydroxyl groups is 1. The molecule has 7 heavy (non-hydrogen) atoms. The van der Waals surface area contributed by atoms with Crippen LogP contribution in [0, 0.1) is 5.92 Å². The molecule has 1 aliphatic rings. The molecular formula is C6H10O. The lowest BCUT2D eigenvalue weighted by Gasteiger charge is -2.04. The van der Waals surface area contributed by atoms with Crippen molar-refractivity contribution in [1.29, 1.82) is 0 Å². The van der Waals surface area contributed by atoms with Crippen molar-refractivity contribution in [2.45, 2.75) is 19.4 Å². The molecule has 0 radical (unpaired) electrons.